The lowest BCUT2D eigenvalue weighted by Crippen LogP contribution is -2.37. The Morgan fingerprint density at radius 2 is 1.86 bits per heavy atom. The highest BCUT2D eigenvalue weighted by Gasteiger charge is 2.25. The first-order valence-electron chi connectivity index (χ1n) is 5.55. The summed E-state index contributed by atoms with van der Waals surface area (Å²) in [7, 11) is 0. The van der Waals surface area contributed by atoms with Gasteiger partial charge in [-0.25, -0.2) is 0 Å². The normalized spacial score (nSPS) is 32.9. The Morgan fingerprint density at radius 3 is 2.50 bits per heavy atom. The van der Waals surface area contributed by atoms with Crippen molar-refractivity contribution in [1.29, 1.82) is 0 Å². The van der Waals surface area contributed by atoms with Crippen molar-refractivity contribution in [3.8, 4) is 0 Å². The minimum atomic E-state index is 0.562. The predicted molar refractivity (Wildman–Crippen MR) is 60.1 cm³/mol. The van der Waals surface area contributed by atoms with Crippen LogP contribution in [0.15, 0.2) is 30.3 Å². The van der Waals surface area contributed by atoms with Crippen molar-refractivity contribution in [2.75, 3.05) is 6.54 Å². The molecule has 3 atom stereocenters. The first-order valence-corrected chi connectivity index (χ1v) is 5.55. The molecule has 1 N–H and O–H groups in total. The lowest BCUT2D eigenvalue weighted by Gasteiger charge is -2.34. The third-order valence-electron chi connectivity index (χ3n) is 3.19. The van der Waals surface area contributed by atoms with E-state index in [2.05, 4.69) is 49.5 Å². The summed E-state index contributed by atoms with van der Waals surface area (Å²) < 4.78 is 0. The molecule has 0 bridgehead atoms. The van der Waals surface area contributed by atoms with Crippen molar-refractivity contribution in [2.24, 2.45) is 11.8 Å². The van der Waals surface area contributed by atoms with E-state index in [4.69, 9.17) is 0 Å². The number of rotatable bonds is 1. The SMILES string of the molecule is CC1CNC(c2ccccc2)C(C)C1. The van der Waals surface area contributed by atoms with Crippen molar-refractivity contribution >= 4 is 0 Å². The van der Waals surface area contributed by atoms with Gasteiger partial charge in [0.2, 0.25) is 0 Å². The highest BCUT2D eigenvalue weighted by Crippen LogP contribution is 2.30. The molecule has 14 heavy (non-hydrogen) atoms. The zero-order valence-electron chi connectivity index (χ0n) is 9.03. The largest absolute Gasteiger partial charge is 0.309 e. The molecular weight excluding hydrogens is 170 g/mol. The molecule has 1 heterocycles. The summed E-state index contributed by atoms with van der Waals surface area (Å²) in [4.78, 5) is 0. The Morgan fingerprint density at radius 1 is 1.14 bits per heavy atom. The number of piperidine rings is 1. The van der Waals surface area contributed by atoms with E-state index in [1.165, 1.54) is 12.0 Å². The number of nitrogens with one attached hydrogen (secondary N) is 1. The molecule has 1 aromatic rings. The van der Waals surface area contributed by atoms with Crippen LogP contribution < -0.4 is 5.32 Å². The fourth-order valence-electron chi connectivity index (χ4n) is 2.49. The first kappa shape index (κ1) is 9.72. The molecule has 0 amide bonds. The Hall–Kier alpha value is -0.820. The Bertz CT molecular complexity index is 281. The minimum Gasteiger partial charge on any atom is -0.309 e. The van der Waals surface area contributed by atoms with Gasteiger partial charge < -0.3 is 5.32 Å². The van der Waals surface area contributed by atoms with Crippen LogP contribution in [0.1, 0.15) is 31.9 Å². The average molecular weight is 189 g/mol. The molecule has 2 rings (SSSR count). The number of hydrogen-bond donors (Lipinski definition) is 1. The van der Waals surface area contributed by atoms with E-state index >= 15 is 0 Å². The molecule has 0 radical (unpaired) electrons. The van der Waals surface area contributed by atoms with Crippen LogP contribution in [0.25, 0.3) is 0 Å². The van der Waals surface area contributed by atoms with Crippen molar-refractivity contribution in [2.45, 2.75) is 26.3 Å². The Kier molecular flexibility index (Phi) is 2.87. The van der Waals surface area contributed by atoms with Gasteiger partial charge in [0.25, 0.3) is 0 Å². The van der Waals surface area contributed by atoms with Gasteiger partial charge in [-0.15, -0.1) is 0 Å². The summed E-state index contributed by atoms with van der Waals surface area (Å²) in [6, 6.07) is 11.4. The van der Waals surface area contributed by atoms with Crippen LogP contribution >= 0.6 is 0 Å². The molecule has 1 aliphatic rings. The smallest absolute Gasteiger partial charge is 0.0346 e. The highest BCUT2D eigenvalue weighted by molar-refractivity contribution is 5.20. The van der Waals surface area contributed by atoms with Gasteiger partial charge in [-0.3, -0.25) is 0 Å². The van der Waals surface area contributed by atoms with Gasteiger partial charge in [0.1, 0.15) is 0 Å². The van der Waals surface area contributed by atoms with Gasteiger partial charge in [-0.2, -0.15) is 0 Å². The van der Waals surface area contributed by atoms with Gasteiger partial charge >= 0.3 is 0 Å². The van der Waals surface area contributed by atoms with Crippen LogP contribution in [0, 0.1) is 11.8 Å². The van der Waals surface area contributed by atoms with E-state index in [1.807, 2.05) is 0 Å². The predicted octanol–water partition coefficient (Wildman–Crippen LogP) is 2.99. The quantitative estimate of drug-likeness (QED) is 0.716. The molecule has 1 aromatic carbocycles. The zero-order chi connectivity index (χ0) is 9.97. The monoisotopic (exact) mass is 189 g/mol. The standard InChI is InChI=1S/C13H19N/c1-10-8-11(2)13(14-9-10)12-6-4-3-5-7-12/h3-7,10-11,13-14H,8-9H2,1-2H3. The van der Waals surface area contributed by atoms with Crippen molar-refractivity contribution in [1.82, 2.24) is 5.32 Å². The van der Waals surface area contributed by atoms with E-state index in [-0.39, 0.29) is 0 Å². The molecular formula is C13H19N. The second-order valence-electron chi connectivity index (χ2n) is 4.61. The molecule has 1 fully saturated rings. The molecule has 1 saturated heterocycles. The Labute approximate surface area is 86.5 Å². The van der Waals surface area contributed by atoms with Crippen LogP contribution in [-0.2, 0) is 0 Å². The van der Waals surface area contributed by atoms with Crippen LogP contribution in [0.4, 0.5) is 0 Å². The van der Waals surface area contributed by atoms with E-state index in [0.717, 1.165) is 18.4 Å². The van der Waals surface area contributed by atoms with Crippen molar-refractivity contribution in [3.05, 3.63) is 35.9 Å². The molecule has 1 aliphatic heterocycles. The van der Waals surface area contributed by atoms with E-state index in [1.54, 1.807) is 0 Å². The molecule has 1 nitrogen and oxygen atoms in total. The van der Waals surface area contributed by atoms with Crippen LogP contribution in [0.5, 0.6) is 0 Å². The van der Waals surface area contributed by atoms with Gasteiger partial charge in [0.05, 0.1) is 0 Å². The summed E-state index contributed by atoms with van der Waals surface area (Å²) in [5.74, 6) is 1.58. The molecule has 1 heteroatoms. The number of hydrogen-bond acceptors (Lipinski definition) is 1. The molecule has 0 saturated carbocycles. The second kappa shape index (κ2) is 4.14. The molecule has 76 valence electrons. The summed E-state index contributed by atoms with van der Waals surface area (Å²) in [5.41, 5.74) is 1.44. The van der Waals surface area contributed by atoms with Crippen molar-refractivity contribution in [3.63, 3.8) is 0 Å². The lowest BCUT2D eigenvalue weighted by atomic mass is 9.83. The zero-order valence-corrected chi connectivity index (χ0v) is 9.03. The van der Waals surface area contributed by atoms with Gasteiger partial charge in [-0.05, 0) is 30.4 Å². The lowest BCUT2D eigenvalue weighted by molar-refractivity contribution is 0.247. The second-order valence-corrected chi connectivity index (χ2v) is 4.61. The maximum Gasteiger partial charge on any atom is 0.0346 e. The summed E-state index contributed by atoms with van der Waals surface area (Å²) in [6.07, 6.45) is 1.34. The summed E-state index contributed by atoms with van der Waals surface area (Å²) in [6.45, 7) is 5.83. The molecule has 0 aromatic heterocycles. The molecule has 0 aliphatic carbocycles. The topological polar surface area (TPSA) is 12.0 Å². The maximum absolute atomic E-state index is 3.63. The van der Waals surface area contributed by atoms with Gasteiger partial charge in [0, 0.05) is 6.04 Å². The number of benzene rings is 1. The maximum atomic E-state index is 3.63. The Balaban J connectivity index is 2.12. The fraction of sp³-hybridized carbons (Fsp3) is 0.538. The average Bonchev–Trinajstić information content (AvgIpc) is 2.19. The third kappa shape index (κ3) is 1.98. The van der Waals surface area contributed by atoms with Crippen LogP contribution in [0.3, 0.4) is 0 Å². The van der Waals surface area contributed by atoms with Gasteiger partial charge in [-0.1, -0.05) is 44.2 Å². The van der Waals surface area contributed by atoms with Gasteiger partial charge in [0.15, 0.2) is 0 Å². The summed E-state index contributed by atoms with van der Waals surface area (Å²) in [5, 5.41) is 3.63. The van der Waals surface area contributed by atoms with Crippen LogP contribution in [0.2, 0.25) is 0 Å². The minimum absolute atomic E-state index is 0.562. The van der Waals surface area contributed by atoms with Crippen molar-refractivity contribution < 1.29 is 0 Å². The summed E-state index contributed by atoms with van der Waals surface area (Å²) >= 11 is 0. The highest BCUT2D eigenvalue weighted by atomic mass is 14.9. The van der Waals surface area contributed by atoms with Crippen LogP contribution in [-0.4, -0.2) is 6.54 Å². The fourth-order valence-corrected chi connectivity index (χ4v) is 2.49. The van der Waals surface area contributed by atoms with E-state index in [0.29, 0.717) is 6.04 Å². The first-order chi connectivity index (χ1) is 6.77. The third-order valence-corrected chi connectivity index (χ3v) is 3.19. The van der Waals surface area contributed by atoms with E-state index in [9.17, 15) is 0 Å². The van der Waals surface area contributed by atoms with E-state index < -0.39 is 0 Å². The molecule has 3 unspecified atom stereocenters. The molecule has 0 spiro atoms.